The number of carbonyl (C=O) groups excluding carboxylic acids is 1. The number of aryl methyl sites for hydroxylation is 1. The smallest absolute Gasteiger partial charge is 0.270 e. The maximum Gasteiger partial charge on any atom is 0.270 e. The normalized spacial score (nSPS) is 20.1. The van der Waals surface area contributed by atoms with E-state index in [0.29, 0.717) is 5.69 Å². The number of pyridine rings is 1. The Bertz CT molecular complexity index is 902. The zero-order valence-corrected chi connectivity index (χ0v) is 14.8. The van der Waals surface area contributed by atoms with Gasteiger partial charge < -0.3 is 10.4 Å². The van der Waals surface area contributed by atoms with E-state index >= 15 is 0 Å². The van der Waals surface area contributed by atoms with Gasteiger partial charge in [-0.25, -0.2) is 9.97 Å². The van der Waals surface area contributed by atoms with Gasteiger partial charge in [0, 0.05) is 17.5 Å². The molecule has 3 heterocycles. The number of thiophene rings is 1. The third kappa shape index (κ3) is 2.94. The van der Waals surface area contributed by atoms with Gasteiger partial charge in [-0.1, -0.05) is 0 Å². The Morgan fingerprint density at radius 2 is 2.33 bits per heavy atom. The summed E-state index contributed by atoms with van der Waals surface area (Å²) in [5.74, 6) is -0.214. The van der Waals surface area contributed by atoms with Crippen LogP contribution in [-0.2, 0) is 6.42 Å². The summed E-state index contributed by atoms with van der Waals surface area (Å²) in [5.41, 5.74) is 2.35. The molecule has 3 aromatic rings. The standard InChI is InChI=1S/C17H17N3O2S2/c1-9-18-8-11(24-9)6-10-7-14(19-13-4-5-23-16(10)13)17(22)20-12-2-3-15(12)21/h4-5,7-8,12,15,21H,2-3,6H2,1H3,(H,20,22)/t12-,15-/m0/s1. The molecule has 0 aromatic carbocycles. The number of rotatable bonds is 4. The SMILES string of the molecule is Cc1ncc(Cc2cc(C(=O)N[C@H]3CC[C@@H]3O)nc3ccsc23)s1. The van der Waals surface area contributed by atoms with Crippen molar-refractivity contribution in [2.45, 2.75) is 38.3 Å². The summed E-state index contributed by atoms with van der Waals surface area (Å²) in [6.07, 6.45) is 3.78. The highest BCUT2D eigenvalue weighted by Crippen LogP contribution is 2.28. The molecule has 1 fully saturated rings. The second kappa shape index (κ2) is 6.23. The Kier molecular flexibility index (Phi) is 4.07. The second-order valence-corrected chi connectivity index (χ2v) is 8.28. The Labute approximate surface area is 147 Å². The lowest BCUT2D eigenvalue weighted by Crippen LogP contribution is -2.50. The van der Waals surface area contributed by atoms with E-state index in [1.54, 1.807) is 22.7 Å². The molecular formula is C17H17N3O2S2. The minimum absolute atomic E-state index is 0.148. The maximum atomic E-state index is 12.5. The first kappa shape index (κ1) is 15.7. The predicted octanol–water partition coefficient (Wildman–Crippen LogP) is 2.91. The molecule has 24 heavy (non-hydrogen) atoms. The van der Waals surface area contributed by atoms with Gasteiger partial charge in [0.25, 0.3) is 5.91 Å². The van der Waals surface area contributed by atoms with Crippen LogP contribution in [0.4, 0.5) is 0 Å². The molecule has 2 N–H and O–H groups in total. The number of carbonyl (C=O) groups is 1. The lowest BCUT2D eigenvalue weighted by atomic mass is 9.89. The van der Waals surface area contributed by atoms with Crippen LogP contribution in [0.3, 0.4) is 0 Å². The lowest BCUT2D eigenvalue weighted by molar-refractivity contribution is 0.0446. The van der Waals surface area contributed by atoms with E-state index in [-0.39, 0.29) is 11.9 Å². The highest BCUT2D eigenvalue weighted by Gasteiger charge is 2.30. The Morgan fingerprint density at radius 1 is 1.46 bits per heavy atom. The number of nitrogens with zero attached hydrogens (tertiary/aromatic N) is 2. The lowest BCUT2D eigenvalue weighted by Gasteiger charge is -2.32. The van der Waals surface area contributed by atoms with E-state index in [4.69, 9.17) is 0 Å². The Balaban J connectivity index is 1.65. The zero-order chi connectivity index (χ0) is 16.7. The molecule has 0 spiro atoms. The Morgan fingerprint density at radius 3 is 3.00 bits per heavy atom. The van der Waals surface area contributed by atoms with Crippen molar-refractivity contribution in [1.29, 1.82) is 0 Å². The zero-order valence-electron chi connectivity index (χ0n) is 13.2. The molecular weight excluding hydrogens is 342 g/mol. The van der Waals surface area contributed by atoms with E-state index in [1.807, 2.05) is 30.6 Å². The molecule has 7 heteroatoms. The fourth-order valence-electron chi connectivity index (χ4n) is 2.84. The molecule has 0 radical (unpaired) electrons. The first-order chi connectivity index (χ1) is 11.6. The summed E-state index contributed by atoms with van der Waals surface area (Å²) >= 11 is 3.31. The van der Waals surface area contributed by atoms with E-state index in [9.17, 15) is 9.90 Å². The highest BCUT2D eigenvalue weighted by molar-refractivity contribution is 7.17. The van der Waals surface area contributed by atoms with Crippen molar-refractivity contribution in [2.75, 3.05) is 0 Å². The van der Waals surface area contributed by atoms with Crippen LogP contribution in [0.5, 0.6) is 0 Å². The topological polar surface area (TPSA) is 75.1 Å². The van der Waals surface area contributed by atoms with Crippen LogP contribution in [0.2, 0.25) is 0 Å². The van der Waals surface area contributed by atoms with Gasteiger partial charge in [-0.3, -0.25) is 4.79 Å². The van der Waals surface area contributed by atoms with Crippen LogP contribution in [-0.4, -0.2) is 33.1 Å². The highest BCUT2D eigenvalue weighted by atomic mass is 32.1. The van der Waals surface area contributed by atoms with Crippen molar-refractivity contribution in [3.05, 3.63) is 44.9 Å². The van der Waals surface area contributed by atoms with Gasteiger partial charge in [-0.05, 0) is 42.8 Å². The van der Waals surface area contributed by atoms with E-state index in [0.717, 1.165) is 40.1 Å². The van der Waals surface area contributed by atoms with E-state index < -0.39 is 6.10 Å². The van der Waals surface area contributed by atoms with Gasteiger partial charge in [0.15, 0.2) is 0 Å². The molecule has 1 amide bonds. The number of amides is 1. The van der Waals surface area contributed by atoms with E-state index in [1.165, 1.54) is 4.88 Å². The van der Waals surface area contributed by atoms with Gasteiger partial charge >= 0.3 is 0 Å². The number of aliphatic hydroxyl groups is 1. The fraction of sp³-hybridized carbons (Fsp3) is 0.353. The molecule has 0 aliphatic heterocycles. The average Bonchev–Trinajstić information content (AvgIpc) is 3.19. The third-order valence-electron chi connectivity index (χ3n) is 4.31. The van der Waals surface area contributed by atoms with Crippen molar-refractivity contribution in [2.24, 2.45) is 0 Å². The van der Waals surface area contributed by atoms with Crippen molar-refractivity contribution >= 4 is 38.8 Å². The van der Waals surface area contributed by atoms with Crippen LogP contribution in [0.15, 0.2) is 23.7 Å². The van der Waals surface area contributed by atoms with Crippen molar-refractivity contribution < 1.29 is 9.90 Å². The van der Waals surface area contributed by atoms with Gasteiger partial charge in [-0.15, -0.1) is 22.7 Å². The minimum atomic E-state index is -0.432. The molecule has 124 valence electrons. The Hall–Kier alpha value is -1.83. The monoisotopic (exact) mass is 359 g/mol. The average molecular weight is 359 g/mol. The minimum Gasteiger partial charge on any atom is -0.391 e. The summed E-state index contributed by atoms with van der Waals surface area (Å²) < 4.78 is 1.11. The number of hydrogen-bond donors (Lipinski definition) is 2. The number of fused-ring (bicyclic) bond motifs is 1. The van der Waals surface area contributed by atoms with Crippen molar-refractivity contribution in [1.82, 2.24) is 15.3 Å². The van der Waals surface area contributed by atoms with Crippen LogP contribution < -0.4 is 5.32 Å². The van der Waals surface area contributed by atoms with Crippen LogP contribution >= 0.6 is 22.7 Å². The first-order valence-electron chi connectivity index (χ1n) is 7.87. The fourth-order valence-corrected chi connectivity index (χ4v) is 4.51. The molecule has 1 aliphatic carbocycles. The largest absolute Gasteiger partial charge is 0.391 e. The van der Waals surface area contributed by atoms with Gasteiger partial charge in [0.05, 0.1) is 27.4 Å². The molecule has 1 aliphatic rings. The molecule has 4 rings (SSSR count). The van der Waals surface area contributed by atoms with Crippen molar-refractivity contribution in [3.8, 4) is 0 Å². The maximum absolute atomic E-state index is 12.5. The number of nitrogens with one attached hydrogen (secondary N) is 1. The first-order valence-corrected chi connectivity index (χ1v) is 9.57. The molecule has 0 bridgehead atoms. The van der Waals surface area contributed by atoms with Gasteiger partial charge in [0.1, 0.15) is 5.69 Å². The summed E-state index contributed by atoms with van der Waals surface area (Å²) in [6, 6.07) is 3.66. The third-order valence-corrected chi connectivity index (χ3v) is 6.20. The molecule has 0 saturated heterocycles. The summed E-state index contributed by atoms with van der Waals surface area (Å²) in [6.45, 7) is 1.99. The molecule has 5 nitrogen and oxygen atoms in total. The number of aromatic nitrogens is 2. The number of hydrogen-bond acceptors (Lipinski definition) is 6. The second-order valence-electron chi connectivity index (χ2n) is 6.05. The van der Waals surface area contributed by atoms with E-state index in [2.05, 4.69) is 15.3 Å². The molecule has 3 aromatic heterocycles. The van der Waals surface area contributed by atoms with Gasteiger partial charge in [-0.2, -0.15) is 0 Å². The number of aliphatic hydroxyl groups excluding tert-OH is 1. The van der Waals surface area contributed by atoms with Crippen LogP contribution in [0.25, 0.3) is 10.2 Å². The predicted molar refractivity (Wildman–Crippen MR) is 95.8 cm³/mol. The summed E-state index contributed by atoms with van der Waals surface area (Å²) in [5, 5.41) is 15.6. The van der Waals surface area contributed by atoms with Gasteiger partial charge in [0.2, 0.25) is 0 Å². The molecule has 2 atom stereocenters. The van der Waals surface area contributed by atoms with Crippen LogP contribution in [0, 0.1) is 6.92 Å². The molecule has 1 saturated carbocycles. The number of thiazole rings is 1. The quantitative estimate of drug-likeness (QED) is 0.751. The summed E-state index contributed by atoms with van der Waals surface area (Å²) in [4.78, 5) is 22.4. The van der Waals surface area contributed by atoms with Crippen LogP contribution in [0.1, 0.15) is 38.8 Å². The molecule has 0 unspecified atom stereocenters. The summed E-state index contributed by atoms with van der Waals surface area (Å²) in [7, 11) is 0. The van der Waals surface area contributed by atoms with Crippen molar-refractivity contribution in [3.63, 3.8) is 0 Å².